The Balaban J connectivity index is 6.38. The van der Waals surface area contributed by atoms with Crippen molar-refractivity contribution in [2.45, 2.75) is 18.5 Å². The molecule has 0 aromatic rings. The van der Waals surface area contributed by atoms with E-state index in [1.165, 1.54) is 0 Å². The first kappa shape index (κ1) is 26.2. The standard InChI is InChI=1S/C6HBr13O/c7-1(4(12,13)14,5(15,16)17)2(8,9)3(10,11)6(18,19)20/h20H. The third-order valence-electron chi connectivity index (χ3n) is 1.99. The summed E-state index contributed by atoms with van der Waals surface area (Å²) >= 11 is 45.3. The van der Waals surface area contributed by atoms with Gasteiger partial charge in [-0.25, -0.2) is 0 Å². The maximum Gasteiger partial charge on any atom is 0.202 e. The first-order chi connectivity index (χ1) is 8.25. The topological polar surface area (TPSA) is 20.2 Å². The van der Waals surface area contributed by atoms with Crippen molar-refractivity contribution in [3.8, 4) is 0 Å². The van der Waals surface area contributed by atoms with E-state index in [0.717, 1.165) is 0 Å². The Morgan fingerprint density at radius 1 is 0.450 bits per heavy atom. The van der Waals surface area contributed by atoms with E-state index in [2.05, 4.69) is 207 Å². The van der Waals surface area contributed by atoms with Crippen LogP contribution in [0.1, 0.15) is 0 Å². The Hall–Kier alpha value is 6.20. The van der Waals surface area contributed by atoms with Crippen LogP contribution in [0.4, 0.5) is 0 Å². The normalized spacial score (nSPS) is 16.5. The maximum atomic E-state index is 10.3. The summed E-state index contributed by atoms with van der Waals surface area (Å²) in [6, 6.07) is 0. The molecule has 0 heterocycles. The fourth-order valence-electron chi connectivity index (χ4n) is 0.922. The minimum Gasteiger partial charge on any atom is -0.368 e. The van der Waals surface area contributed by atoms with Gasteiger partial charge in [-0.2, -0.15) is 0 Å². The lowest BCUT2D eigenvalue weighted by Crippen LogP contribution is -2.67. The van der Waals surface area contributed by atoms with Crippen LogP contribution in [-0.2, 0) is 0 Å². The molecule has 0 saturated heterocycles. The summed E-state index contributed by atoms with van der Waals surface area (Å²) in [4.78, 5) is 0. The van der Waals surface area contributed by atoms with Gasteiger partial charge < -0.3 is 5.11 Å². The third-order valence-corrected chi connectivity index (χ3v) is 21.8. The summed E-state index contributed by atoms with van der Waals surface area (Å²) in [5.41, 5.74) is 0. The number of halogens is 13. The Morgan fingerprint density at radius 3 is 0.850 bits per heavy atom. The first-order valence-corrected chi connectivity index (χ1v) is 14.2. The molecule has 122 valence electrons. The van der Waals surface area contributed by atoms with E-state index in [0.29, 0.717) is 0 Å². The molecule has 14 heteroatoms. The van der Waals surface area contributed by atoms with Gasteiger partial charge in [-0.1, -0.05) is 175 Å². The Labute approximate surface area is 226 Å². The average molecular weight is 1130 g/mol. The van der Waals surface area contributed by atoms with E-state index in [1.807, 2.05) is 0 Å². The average Bonchev–Trinajstić information content (AvgIpc) is 2.10. The van der Waals surface area contributed by atoms with Gasteiger partial charge in [-0.15, -0.1) is 0 Å². The van der Waals surface area contributed by atoms with Crippen LogP contribution in [0.5, 0.6) is 0 Å². The number of hydrogen-bond acceptors (Lipinski definition) is 1. The Morgan fingerprint density at radius 2 is 0.700 bits per heavy atom. The number of aliphatic hydroxyl groups is 1. The van der Waals surface area contributed by atoms with Crippen LogP contribution in [0.3, 0.4) is 0 Å². The molecule has 20 heavy (non-hydrogen) atoms. The van der Waals surface area contributed by atoms with E-state index in [1.54, 1.807) is 0 Å². The zero-order valence-electron chi connectivity index (χ0n) is 8.36. The smallest absolute Gasteiger partial charge is 0.202 e. The van der Waals surface area contributed by atoms with E-state index >= 15 is 0 Å². The third kappa shape index (κ3) is 4.97. The fourth-order valence-corrected chi connectivity index (χ4v) is 14.9. The van der Waals surface area contributed by atoms with Gasteiger partial charge in [0.05, 0.1) is 0 Å². The highest BCUT2D eigenvalue weighted by atomic mass is 80.0. The minimum absolute atomic E-state index is 0.846. The molecule has 1 nitrogen and oxygen atoms in total. The molecule has 0 bridgehead atoms. The summed E-state index contributed by atoms with van der Waals surface area (Å²) in [5, 5.41) is 10.3. The van der Waals surface area contributed by atoms with Crippen molar-refractivity contribution in [3.05, 3.63) is 0 Å². The molecule has 1 N–H and O–H groups in total. The van der Waals surface area contributed by atoms with Crippen LogP contribution in [0.25, 0.3) is 0 Å². The minimum atomic E-state index is -1.52. The molecule has 0 aromatic carbocycles. The number of rotatable bonds is 3. The quantitative estimate of drug-likeness (QED) is 0.280. The van der Waals surface area contributed by atoms with Crippen LogP contribution >= 0.6 is 207 Å². The second-order valence-electron chi connectivity index (χ2n) is 3.34. The molecular formula is C6HBr13O. The Bertz CT molecular complexity index is 343. The molecular weight excluding hydrogens is 1130 g/mol. The van der Waals surface area contributed by atoms with Gasteiger partial charge in [-0.05, 0) is 31.9 Å². The van der Waals surface area contributed by atoms with Gasteiger partial charge in [0.1, 0.15) is 7.56 Å². The molecule has 0 aliphatic rings. The van der Waals surface area contributed by atoms with Crippen molar-refractivity contribution >= 4 is 207 Å². The number of hydrogen-bond donors (Lipinski definition) is 1. The number of alkyl halides is 13. The highest BCUT2D eigenvalue weighted by Gasteiger charge is 2.75. The van der Waals surface area contributed by atoms with E-state index < -0.39 is 18.5 Å². The zero-order chi connectivity index (χ0) is 17.0. The highest BCUT2D eigenvalue weighted by Crippen LogP contribution is 2.75. The second-order valence-corrected chi connectivity index (χ2v) is 28.3. The molecule has 0 aliphatic heterocycles. The van der Waals surface area contributed by atoms with Crippen molar-refractivity contribution in [2.24, 2.45) is 0 Å². The van der Waals surface area contributed by atoms with Gasteiger partial charge in [0.15, 0.2) is 7.52 Å². The molecule has 0 unspecified atom stereocenters. The lowest BCUT2D eigenvalue weighted by atomic mass is 10.1. The second kappa shape index (κ2) is 8.29. The lowest BCUT2D eigenvalue weighted by Gasteiger charge is -2.55. The fraction of sp³-hybridized carbons (Fsp3) is 1.00. The van der Waals surface area contributed by atoms with Crippen LogP contribution in [-0.4, -0.2) is 23.6 Å². The van der Waals surface area contributed by atoms with Gasteiger partial charge in [0.25, 0.3) is 0 Å². The highest BCUT2D eigenvalue weighted by molar-refractivity contribution is 9.42. The van der Waals surface area contributed by atoms with E-state index in [4.69, 9.17) is 0 Å². The molecule has 0 amide bonds. The van der Waals surface area contributed by atoms with Crippen molar-refractivity contribution in [3.63, 3.8) is 0 Å². The van der Waals surface area contributed by atoms with Crippen LogP contribution in [0, 0.1) is 0 Å². The lowest BCUT2D eigenvalue weighted by molar-refractivity contribution is 0.226. The molecule has 0 radical (unpaired) electrons. The van der Waals surface area contributed by atoms with Crippen molar-refractivity contribution < 1.29 is 5.11 Å². The van der Waals surface area contributed by atoms with Crippen LogP contribution in [0.2, 0.25) is 0 Å². The van der Waals surface area contributed by atoms with Gasteiger partial charge in [0, 0.05) is 0 Å². The molecule has 0 aliphatic carbocycles. The Kier molecular flexibility index (Phi) is 10.9. The molecule has 0 rings (SSSR count). The van der Waals surface area contributed by atoms with E-state index in [-0.39, 0.29) is 0 Å². The maximum absolute atomic E-state index is 10.3. The summed E-state index contributed by atoms with van der Waals surface area (Å²) in [6.45, 7) is 0. The molecule has 0 atom stereocenters. The van der Waals surface area contributed by atoms with Gasteiger partial charge in [0.2, 0.25) is 3.42 Å². The summed E-state index contributed by atoms with van der Waals surface area (Å²) < 4.78 is -6.36. The molecule has 0 fully saturated rings. The molecule has 0 saturated carbocycles. The monoisotopic (exact) mass is 1110 g/mol. The van der Waals surface area contributed by atoms with Crippen molar-refractivity contribution in [1.82, 2.24) is 0 Å². The molecule has 0 spiro atoms. The first-order valence-electron chi connectivity index (χ1n) is 3.93. The van der Waals surface area contributed by atoms with Crippen LogP contribution in [0.15, 0.2) is 0 Å². The summed E-state index contributed by atoms with van der Waals surface area (Å²) in [5.74, 6) is 0. The van der Waals surface area contributed by atoms with Gasteiger partial charge >= 0.3 is 0 Å². The van der Waals surface area contributed by atoms with Crippen molar-refractivity contribution in [1.29, 1.82) is 0 Å². The van der Waals surface area contributed by atoms with Crippen molar-refractivity contribution in [2.75, 3.05) is 0 Å². The zero-order valence-corrected chi connectivity index (χ0v) is 29.0. The van der Waals surface area contributed by atoms with Gasteiger partial charge in [-0.3, -0.25) is 0 Å². The summed E-state index contributed by atoms with van der Waals surface area (Å²) in [6.07, 6.45) is 0. The SMILES string of the molecule is OC(Br)(Br)C(Br)(Br)C(Br)(Br)C(Br)(C(Br)(Br)Br)C(Br)(Br)Br. The summed E-state index contributed by atoms with van der Waals surface area (Å²) in [7, 11) is 0. The van der Waals surface area contributed by atoms with Crippen LogP contribution < -0.4 is 0 Å². The van der Waals surface area contributed by atoms with E-state index in [9.17, 15) is 5.11 Å². The molecule has 0 aromatic heterocycles. The predicted molar refractivity (Wildman–Crippen MR) is 135 cm³/mol. The largest absolute Gasteiger partial charge is 0.368 e. The predicted octanol–water partition coefficient (Wildman–Crippen LogP) is 9.21.